The lowest BCUT2D eigenvalue weighted by atomic mass is 9.87. The van der Waals surface area contributed by atoms with Crippen molar-refractivity contribution in [3.05, 3.63) is 71.8 Å². The first-order chi connectivity index (χ1) is 11.7. The molecule has 0 bridgehead atoms. The Bertz CT molecular complexity index is 655. The molecule has 0 unspecified atom stereocenters. The monoisotopic (exact) mass is 326 g/mol. The second-order valence-corrected chi connectivity index (χ2v) is 5.68. The molecule has 24 heavy (non-hydrogen) atoms. The van der Waals surface area contributed by atoms with Crippen molar-refractivity contribution in [1.82, 2.24) is 0 Å². The molecule has 0 aliphatic rings. The number of hydrogen-bond donors (Lipinski definition) is 1. The van der Waals surface area contributed by atoms with Gasteiger partial charge in [0.2, 0.25) is 0 Å². The summed E-state index contributed by atoms with van der Waals surface area (Å²) in [6.45, 7) is 2.18. The SMILES string of the molecule is CCC(=O)O[C@@H](C[NH3+])[C@@H](CC(=O)c1ccccc1)c1ccccc1. The van der Waals surface area contributed by atoms with Crippen molar-refractivity contribution < 1.29 is 20.1 Å². The molecule has 0 aliphatic carbocycles. The number of ketones is 1. The Labute approximate surface area is 142 Å². The third-order valence-electron chi connectivity index (χ3n) is 4.03. The van der Waals surface area contributed by atoms with Gasteiger partial charge in [0.25, 0.3) is 0 Å². The zero-order valence-corrected chi connectivity index (χ0v) is 14.0. The maximum atomic E-state index is 12.6. The predicted octanol–water partition coefficient (Wildman–Crippen LogP) is 2.61. The van der Waals surface area contributed by atoms with Crippen LogP contribution in [0.5, 0.6) is 0 Å². The van der Waals surface area contributed by atoms with Crippen LogP contribution in [0.4, 0.5) is 0 Å². The maximum Gasteiger partial charge on any atom is 0.306 e. The number of hydrogen-bond acceptors (Lipinski definition) is 3. The summed E-state index contributed by atoms with van der Waals surface area (Å²) in [5, 5.41) is 0. The van der Waals surface area contributed by atoms with E-state index in [0.717, 1.165) is 5.56 Å². The van der Waals surface area contributed by atoms with Gasteiger partial charge in [0.1, 0.15) is 6.54 Å². The van der Waals surface area contributed by atoms with E-state index in [0.29, 0.717) is 18.5 Å². The highest BCUT2D eigenvalue weighted by atomic mass is 16.5. The minimum Gasteiger partial charge on any atom is -0.456 e. The Morgan fingerprint density at radius 1 is 1.00 bits per heavy atom. The van der Waals surface area contributed by atoms with Gasteiger partial charge in [-0.25, -0.2) is 0 Å². The summed E-state index contributed by atoms with van der Waals surface area (Å²) in [7, 11) is 0. The van der Waals surface area contributed by atoms with E-state index in [-0.39, 0.29) is 24.1 Å². The summed E-state index contributed by atoms with van der Waals surface area (Å²) in [5.74, 6) is -0.431. The van der Waals surface area contributed by atoms with E-state index in [1.807, 2.05) is 60.7 Å². The van der Waals surface area contributed by atoms with Crippen LogP contribution in [0, 0.1) is 0 Å². The number of carbonyl (C=O) groups is 2. The molecule has 0 saturated heterocycles. The van der Waals surface area contributed by atoms with Crippen molar-refractivity contribution in [3.63, 3.8) is 0 Å². The third kappa shape index (κ3) is 4.77. The Balaban J connectivity index is 2.25. The molecular formula is C20H24NO3+. The molecule has 0 spiro atoms. The zero-order chi connectivity index (χ0) is 17.4. The van der Waals surface area contributed by atoms with E-state index in [9.17, 15) is 9.59 Å². The molecule has 126 valence electrons. The molecule has 4 nitrogen and oxygen atoms in total. The lowest BCUT2D eigenvalue weighted by Gasteiger charge is -2.24. The predicted molar refractivity (Wildman–Crippen MR) is 92.5 cm³/mol. The standard InChI is InChI=1S/C20H23NO3/c1-2-20(23)24-19(14-21)17(15-9-5-3-6-10-15)13-18(22)16-11-7-4-8-12-16/h3-12,17,19H,2,13-14,21H2,1H3/p+1/t17-,19-/m0/s1. The molecule has 2 aromatic rings. The van der Waals surface area contributed by atoms with E-state index in [4.69, 9.17) is 4.74 Å². The largest absolute Gasteiger partial charge is 0.456 e. The number of rotatable bonds is 8. The van der Waals surface area contributed by atoms with E-state index in [1.165, 1.54) is 0 Å². The molecule has 2 rings (SSSR count). The minimum absolute atomic E-state index is 0.0375. The van der Waals surface area contributed by atoms with Gasteiger partial charge in [0.05, 0.1) is 0 Å². The normalized spacial score (nSPS) is 13.1. The Kier molecular flexibility index (Phi) is 6.70. The highest BCUT2D eigenvalue weighted by Gasteiger charge is 2.29. The van der Waals surface area contributed by atoms with Gasteiger partial charge < -0.3 is 10.5 Å². The van der Waals surface area contributed by atoms with E-state index in [1.54, 1.807) is 6.92 Å². The summed E-state index contributed by atoms with van der Waals surface area (Å²) in [4.78, 5) is 24.4. The first-order valence-electron chi connectivity index (χ1n) is 8.27. The lowest BCUT2D eigenvalue weighted by Crippen LogP contribution is -2.58. The molecular weight excluding hydrogens is 302 g/mol. The fourth-order valence-corrected chi connectivity index (χ4v) is 2.70. The second-order valence-electron chi connectivity index (χ2n) is 5.68. The van der Waals surface area contributed by atoms with Gasteiger partial charge >= 0.3 is 5.97 Å². The van der Waals surface area contributed by atoms with Crippen LogP contribution in [0.25, 0.3) is 0 Å². The lowest BCUT2D eigenvalue weighted by molar-refractivity contribution is -0.385. The van der Waals surface area contributed by atoms with Crippen molar-refractivity contribution in [2.24, 2.45) is 0 Å². The molecule has 4 heteroatoms. The van der Waals surface area contributed by atoms with Crippen molar-refractivity contribution in [1.29, 1.82) is 0 Å². The Hall–Kier alpha value is -2.46. The smallest absolute Gasteiger partial charge is 0.306 e. The zero-order valence-electron chi connectivity index (χ0n) is 14.0. The van der Waals surface area contributed by atoms with E-state index < -0.39 is 6.10 Å². The van der Waals surface area contributed by atoms with Crippen LogP contribution < -0.4 is 5.73 Å². The molecule has 0 amide bonds. The minimum atomic E-state index is -0.410. The van der Waals surface area contributed by atoms with Crippen LogP contribution >= 0.6 is 0 Å². The van der Waals surface area contributed by atoms with Gasteiger partial charge in [-0.15, -0.1) is 0 Å². The van der Waals surface area contributed by atoms with Gasteiger partial charge in [-0.1, -0.05) is 67.6 Å². The van der Waals surface area contributed by atoms with Gasteiger partial charge in [0.15, 0.2) is 11.9 Å². The maximum absolute atomic E-state index is 12.6. The Morgan fingerprint density at radius 3 is 2.12 bits per heavy atom. The van der Waals surface area contributed by atoms with Crippen LogP contribution in [0.1, 0.15) is 41.6 Å². The number of carbonyl (C=O) groups excluding carboxylic acids is 2. The summed E-state index contributed by atoms with van der Waals surface area (Å²) < 4.78 is 5.55. The molecule has 2 aromatic carbocycles. The summed E-state index contributed by atoms with van der Waals surface area (Å²) in [5.41, 5.74) is 5.57. The van der Waals surface area contributed by atoms with Crippen molar-refractivity contribution in [2.75, 3.05) is 6.54 Å². The average molecular weight is 326 g/mol. The van der Waals surface area contributed by atoms with Gasteiger partial charge in [-0.05, 0) is 5.56 Å². The molecule has 0 heterocycles. The number of esters is 1. The van der Waals surface area contributed by atoms with Crippen molar-refractivity contribution >= 4 is 11.8 Å². The first kappa shape index (κ1) is 17.9. The van der Waals surface area contributed by atoms with Crippen LogP contribution in [0.2, 0.25) is 0 Å². The molecule has 0 radical (unpaired) electrons. The summed E-state index contributed by atoms with van der Waals surface area (Å²) in [6.07, 6.45) is 0.183. The number of Topliss-reactive ketones (excluding diaryl/α,β-unsaturated/α-hetero) is 1. The average Bonchev–Trinajstić information content (AvgIpc) is 2.65. The van der Waals surface area contributed by atoms with Gasteiger partial charge in [-0.2, -0.15) is 0 Å². The molecule has 3 N–H and O–H groups in total. The quantitative estimate of drug-likeness (QED) is 0.599. The van der Waals surface area contributed by atoms with Crippen LogP contribution in [-0.2, 0) is 9.53 Å². The molecule has 0 aromatic heterocycles. The van der Waals surface area contributed by atoms with Gasteiger partial charge in [0, 0.05) is 24.3 Å². The number of quaternary nitrogens is 1. The van der Waals surface area contributed by atoms with Crippen molar-refractivity contribution in [3.8, 4) is 0 Å². The second kappa shape index (κ2) is 8.99. The van der Waals surface area contributed by atoms with Crippen LogP contribution in [0.15, 0.2) is 60.7 Å². The summed E-state index contributed by atoms with van der Waals surface area (Å²) >= 11 is 0. The number of benzene rings is 2. The third-order valence-corrected chi connectivity index (χ3v) is 4.03. The first-order valence-corrected chi connectivity index (χ1v) is 8.27. The van der Waals surface area contributed by atoms with Crippen LogP contribution in [0.3, 0.4) is 0 Å². The molecule has 0 aliphatic heterocycles. The number of ether oxygens (including phenoxy) is 1. The molecule has 0 fully saturated rings. The van der Waals surface area contributed by atoms with Crippen LogP contribution in [-0.4, -0.2) is 24.4 Å². The van der Waals surface area contributed by atoms with Crippen molar-refractivity contribution in [2.45, 2.75) is 31.8 Å². The van der Waals surface area contributed by atoms with Gasteiger partial charge in [-0.3, -0.25) is 9.59 Å². The van der Waals surface area contributed by atoms with E-state index in [2.05, 4.69) is 5.73 Å². The summed E-state index contributed by atoms with van der Waals surface area (Å²) in [6, 6.07) is 18.9. The molecule has 2 atom stereocenters. The fraction of sp³-hybridized carbons (Fsp3) is 0.300. The highest BCUT2D eigenvalue weighted by Crippen LogP contribution is 2.27. The molecule has 0 saturated carbocycles. The highest BCUT2D eigenvalue weighted by molar-refractivity contribution is 5.96. The topological polar surface area (TPSA) is 71.0 Å². The van der Waals surface area contributed by atoms with E-state index >= 15 is 0 Å². The fourth-order valence-electron chi connectivity index (χ4n) is 2.70. The Morgan fingerprint density at radius 2 is 1.58 bits per heavy atom.